The van der Waals surface area contributed by atoms with Gasteiger partial charge < -0.3 is 9.90 Å². The van der Waals surface area contributed by atoms with E-state index in [9.17, 15) is 4.79 Å². The van der Waals surface area contributed by atoms with E-state index in [-0.39, 0.29) is 11.7 Å². The first kappa shape index (κ1) is 10.4. The number of Topliss-reactive ketones (excluding diaryl/α,β-unsaturated/α-hetero) is 1. The lowest BCUT2D eigenvalue weighted by atomic mass is 9.94. The van der Waals surface area contributed by atoms with Crippen LogP contribution in [-0.4, -0.2) is 17.0 Å². The van der Waals surface area contributed by atoms with Crippen molar-refractivity contribution < 1.29 is 9.90 Å². The summed E-state index contributed by atoms with van der Waals surface area (Å²) in [7, 11) is 0. The van der Waals surface area contributed by atoms with E-state index in [2.05, 4.69) is 6.58 Å². The molecule has 0 heterocycles. The molecule has 0 aliphatic heterocycles. The van der Waals surface area contributed by atoms with Crippen LogP contribution in [0.25, 0.3) is 0 Å². The highest BCUT2D eigenvalue weighted by Crippen LogP contribution is 2.16. The van der Waals surface area contributed by atoms with Gasteiger partial charge in [-0.3, -0.25) is 0 Å². The number of aliphatic hydroxyl groups is 1. The zero-order valence-electron chi connectivity index (χ0n) is 7.42. The van der Waals surface area contributed by atoms with Crippen molar-refractivity contribution in [3.8, 4) is 0 Å². The van der Waals surface area contributed by atoms with Crippen LogP contribution in [0.1, 0.15) is 27.2 Å². The number of hydrogen-bond donors (Lipinski definition) is 1. The standard InChI is InChI=1S/C9H16O2/c1-6(5-7(2)10)8(3)9(4)11/h6,9,11H,3,5H2,1-2,4H3. The molecule has 0 bridgehead atoms. The molecule has 1 N–H and O–H groups in total. The molecule has 0 aromatic heterocycles. The Morgan fingerprint density at radius 3 is 2.27 bits per heavy atom. The molecule has 2 unspecified atom stereocenters. The van der Waals surface area contributed by atoms with Crippen molar-refractivity contribution in [1.82, 2.24) is 0 Å². The lowest BCUT2D eigenvalue weighted by molar-refractivity contribution is -0.117. The zero-order chi connectivity index (χ0) is 9.02. The van der Waals surface area contributed by atoms with Crippen molar-refractivity contribution in [3.05, 3.63) is 12.2 Å². The van der Waals surface area contributed by atoms with Crippen LogP contribution < -0.4 is 0 Å². The first-order valence-electron chi connectivity index (χ1n) is 3.81. The first-order chi connectivity index (χ1) is 4.95. The number of hydrogen-bond acceptors (Lipinski definition) is 2. The van der Waals surface area contributed by atoms with E-state index in [0.717, 1.165) is 5.57 Å². The van der Waals surface area contributed by atoms with E-state index in [1.54, 1.807) is 13.8 Å². The fourth-order valence-electron chi connectivity index (χ4n) is 0.974. The summed E-state index contributed by atoms with van der Waals surface area (Å²) in [4.78, 5) is 10.7. The van der Waals surface area contributed by atoms with Gasteiger partial charge in [0.2, 0.25) is 0 Å². The van der Waals surface area contributed by atoms with Crippen LogP contribution in [0.5, 0.6) is 0 Å². The fourth-order valence-corrected chi connectivity index (χ4v) is 0.974. The number of carbonyl (C=O) groups excluding carboxylic acids is 1. The van der Waals surface area contributed by atoms with Crippen LogP contribution in [0.2, 0.25) is 0 Å². The molecule has 0 spiro atoms. The Hall–Kier alpha value is -0.630. The molecule has 2 nitrogen and oxygen atoms in total. The van der Waals surface area contributed by atoms with E-state index in [4.69, 9.17) is 5.11 Å². The Morgan fingerprint density at radius 1 is 1.55 bits per heavy atom. The molecule has 64 valence electrons. The molecule has 0 aromatic rings. The average Bonchev–Trinajstić information content (AvgIpc) is 1.84. The lowest BCUT2D eigenvalue weighted by Crippen LogP contribution is -2.13. The topological polar surface area (TPSA) is 37.3 Å². The summed E-state index contributed by atoms with van der Waals surface area (Å²) in [5, 5.41) is 9.09. The minimum absolute atomic E-state index is 0.0903. The Bertz CT molecular complexity index is 159. The molecule has 0 rings (SSSR count). The second-order valence-corrected chi connectivity index (χ2v) is 3.06. The van der Waals surface area contributed by atoms with Gasteiger partial charge >= 0.3 is 0 Å². The summed E-state index contributed by atoms with van der Waals surface area (Å²) in [6.07, 6.45) is -0.0339. The molecular weight excluding hydrogens is 140 g/mol. The second kappa shape index (κ2) is 4.29. The van der Waals surface area contributed by atoms with Crippen LogP contribution >= 0.6 is 0 Å². The van der Waals surface area contributed by atoms with E-state index in [1.165, 1.54) is 0 Å². The first-order valence-corrected chi connectivity index (χ1v) is 3.81. The highest BCUT2D eigenvalue weighted by molar-refractivity contribution is 5.76. The third-order valence-corrected chi connectivity index (χ3v) is 1.76. The summed E-state index contributed by atoms with van der Waals surface area (Å²) in [5.74, 6) is 0.229. The van der Waals surface area contributed by atoms with Crippen molar-refractivity contribution in [1.29, 1.82) is 0 Å². The third-order valence-electron chi connectivity index (χ3n) is 1.76. The van der Waals surface area contributed by atoms with Crippen molar-refractivity contribution in [2.45, 2.75) is 33.3 Å². The highest BCUT2D eigenvalue weighted by Gasteiger charge is 2.12. The molecule has 0 aromatic carbocycles. The summed E-state index contributed by atoms with van der Waals surface area (Å²) in [6.45, 7) is 8.82. The van der Waals surface area contributed by atoms with Crippen molar-refractivity contribution >= 4 is 5.78 Å². The molecule has 0 radical (unpaired) electrons. The quantitative estimate of drug-likeness (QED) is 0.627. The van der Waals surface area contributed by atoms with Gasteiger partial charge in [-0.25, -0.2) is 0 Å². The summed E-state index contributed by atoms with van der Waals surface area (Å²) in [5.41, 5.74) is 0.736. The maximum atomic E-state index is 10.7. The number of carbonyl (C=O) groups is 1. The van der Waals surface area contributed by atoms with E-state index < -0.39 is 6.10 Å². The number of rotatable bonds is 4. The molecule has 0 saturated heterocycles. The summed E-state index contributed by atoms with van der Waals surface area (Å²) in [6, 6.07) is 0. The van der Waals surface area contributed by atoms with Gasteiger partial charge in [0.25, 0.3) is 0 Å². The van der Waals surface area contributed by atoms with Crippen molar-refractivity contribution in [2.75, 3.05) is 0 Å². The highest BCUT2D eigenvalue weighted by atomic mass is 16.3. The fraction of sp³-hybridized carbons (Fsp3) is 0.667. The SMILES string of the molecule is C=C(C(C)O)C(C)CC(C)=O. The second-order valence-electron chi connectivity index (χ2n) is 3.06. The Balaban J connectivity index is 3.93. The van der Waals surface area contributed by atoms with Gasteiger partial charge in [-0.1, -0.05) is 13.5 Å². The Labute approximate surface area is 67.9 Å². The molecule has 2 heteroatoms. The van der Waals surface area contributed by atoms with Gasteiger partial charge in [0.15, 0.2) is 0 Å². The van der Waals surface area contributed by atoms with E-state index >= 15 is 0 Å². The summed E-state index contributed by atoms with van der Waals surface area (Å²) < 4.78 is 0. The minimum Gasteiger partial charge on any atom is -0.389 e. The van der Waals surface area contributed by atoms with Gasteiger partial charge in [-0.05, 0) is 25.3 Å². The molecule has 0 fully saturated rings. The minimum atomic E-state index is -0.510. The van der Waals surface area contributed by atoms with Crippen LogP contribution in [0.15, 0.2) is 12.2 Å². The molecular formula is C9H16O2. The Morgan fingerprint density at radius 2 is 2.00 bits per heavy atom. The smallest absolute Gasteiger partial charge is 0.130 e. The van der Waals surface area contributed by atoms with Crippen molar-refractivity contribution in [2.24, 2.45) is 5.92 Å². The third kappa shape index (κ3) is 3.94. The van der Waals surface area contributed by atoms with E-state index in [1.807, 2.05) is 6.92 Å². The van der Waals surface area contributed by atoms with Crippen LogP contribution in [-0.2, 0) is 4.79 Å². The molecule has 0 amide bonds. The normalized spacial score (nSPS) is 15.6. The van der Waals surface area contributed by atoms with Crippen molar-refractivity contribution in [3.63, 3.8) is 0 Å². The predicted molar refractivity (Wildman–Crippen MR) is 45.3 cm³/mol. The maximum absolute atomic E-state index is 10.7. The largest absolute Gasteiger partial charge is 0.389 e. The summed E-state index contributed by atoms with van der Waals surface area (Å²) >= 11 is 0. The molecule has 0 aliphatic rings. The van der Waals surface area contributed by atoms with Crippen LogP contribution in [0.4, 0.5) is 0 Å². The van der Waals surface area contributed by atoms with E-state index in [0.29, 0.717) is 6.42 Å². The van der Waals surface area contributed by atoms with Gasteiger partial charge in [0.05, 0.1) is 6.10 Å². The predicted octanol–water partition coefficient (Wildman–Crippen LogP) is 1.54. The van der Waals surface area contributed by atoms with Gasteiger partial charge in [0.1, 0.15) is 5.78 Å². The zero-order valence-corrected chi connectivity index (χ0v) is 7.42. The van der Waals surface area contributed by atoms with Gasteiger partial charge in [-0.15, -0.1) is 0 Å². The maximum Gasteiger partial charge on any atom is 0.130 e. The Kier molecular flexibility index (Phi) is 4.04. The molecule has 0 aliphatic carbocycles. The van der Waals surface area contributed by atoms with Crippen LogP contribution in [0.3, 0.4) is 0 Å². The average molecular weight is 156 g/mol. The lowest BCUT2D eigenvalue weighted by Gasteiger charge is -2.15. The monoisotopic (exact) mass is 156 g/mol. The van der Waals surface area contributed by atoms with Gasteiger partial charge in [-0.2, -0.15) is 0 Å². The van der Waals surface area contributed by atoms with Crippen LogP contribution in [0, 0.1) is 5.92 Å². The molecule has 2 atom stereocenters. The molecule has 11 heavy (non-hydrogen) atoms. The number of aliphatic hydroxyl groups excluding tert-OH is 1. The molecule has 0 saturated carbocycles. The number of ketones is 1. The van der Waals surface area contributed by atoms with Gasteiger partial charge in [0, 0.05) is 6.42 Å².